The summed E-state index contributed by atoms with van der Waals surface area (Å²) >= 11 is 0. The molecule has 5 nitrogen and oxygen atoms in total. The van der Waals surface area contributed by atoms with E-state index in [0.717, 1.165) is 28.7 Å². The number of carboxylic acid groups (broad SMARTS) is 1. The number of ether oxygens (including phenoxy) is 1. The number of hydrogen-bond donors (Lipinski definition) is 2. The first kappa shape index (κ1) is 17.1. The number of esters is 1. The Kier molecular flexibility index (Phi) is 5.08. The number of rotatable bonds is 6. The fraction of sp³-hybridized carbons (Fsp3) is 0.444. The maximum atomic E-state index is 12.0. The summed E-state index contributed by atoms with van der Waals surface area (Å²) in [4.78, 5) is 22.6. The van der Waals surface area contributed by atoms with Crippen LogP contribution in [0.1, 0.15) is 66.3 Å². The number of phenolic OH excluding ortho intramolecular Hbond substituents is 1. The molecule has 1 aromatic rings. The minimum Gasteiger partial charge on any atom is -0.507 e. The first-order valence-corrected chi connectivity index (χ1v) is 7.78. The van der Waals surface area contributed by atoms with Gasteiger partial charge in [-0.2, -0.15) is 0 Å². The van der Waals surface area contributed by atoms with Gasteiger partial charge in [-0.25, -0.2) is 4.79 Å². The molecule has 5 heteroatoms. The van der Waals surface area contributed by atoms with Gasteiger partial charge in [0.25, 0.3) is 0 Å². The molecule has 1 aromatic carbocycles. The van der Waals surface area contributed by atoms with Crippen molar-refractivity contribution >= 4 is 11.9 Å². The van der Waals surface area contributed by atoms with Crippen LogP contribution in [0.4, 0.5) is 0 Å². The van der Waals surface area contributed by atoms with Gasteiger partial charge in [-0.15, -0.1) is 0 Å². The SMILES string of the molecule is CCc1cc(O)c2c(c1C)C(C/C=C(\C)CCC(=O)O)OC2=O. The van der Waals surface area contributed by atoms with Crippen LogP contribution in [-0.2, 0) is 16.0 Å². The normalized spacial score (nSPS) is 17.1. The van der Waals surface area contributed by atoms with Gasteiger partial charge in [0.2, 0.25) is 0 Å². The van der Waals surface area contributed by atoms with E-state index in [1.165, 1.54) is 0 Å². The van der Waals surface area contributed by atoms with Crippen molar-refractivity contribution in [2.24, 2.45) is 0 Å². The zero-order valence-electron chi connectivity index (χ0n) is 13.7. The molecule has 0 amide bonds. The summed E-state index contributed by atoms with van der Waals surface area (Å²) in [5.41, 5.74) is 3.95. The lowest BCUT2D eigenvalue weighted by molar-refractivity contribution is -0.136. The van der Waals surface area contributed by atoms with Gasteiger partial charge < -0.3 is 14.9 Å². The molecule has 23 heavy (non-hydrogen) atoms. The Morgan fingerprint density at radius 2 is 2.09 bits per heavy atom. The van der Waals surface area contributed by atoms with Crippen LogP contribution in [0.25, 0.3) is 0 Å². The summed E-state index contributed by atoms with van der Waals surface area (Å²) in [5, 5.41) is 18.8. The molecule has 0 radical (unpaired) electrons. The third-order valence-corrected chi connectivity index (χ3v) is 4.29. The largest absolute Gasteiger partial charge is 0.507 e. The number of allylic oxidation sites excluding steroid dienone is 1. The van der Waals surface area contributed by atoms with Crippen molar-refractivity contribution in [1.82, 2.24) is 0 Å². The molecule has 1 heterocycles. The van der Waals surface area contributed by atoms with E-state index >= 15 is 0 Å². The van der Waals surface area contributed by atoms with E-state index < -0.39 is 18.0 Å². The molecule has 0 aromatic heterocycles. The molecule has 0 fully saturated rings. The standard InChI is InChI=1S/C18H22O5/c1-4-12-9-13(19)17-16(11(12)3)14(23-18(17)22)7-5-10(2)6-8-15(20)21/h5,9,14,19H,4,6-8H2,1-3H3,(H,20,21)/b10-5+. The van der Waals surface area contributed by atoms with E-state index in [1.807, 2.05) is 26.8 Å². The Balaban J connectivity index is 2.26. The zero-order valence-corrected chi connectivity index (χ0v) is 13.7. The molecular weight excluding hydrogens is 296 g/mol. The van der Waals surface area contributed by atoms with Gasteiger partial charge in [-0.3, -0.25) is 4.79 Å². The lowest BCUT2D eigenvalue weighted by Crippen LogP contribution is -2.01. The second kappa shape index (κ2) is 6.86. The summed E-state index contributed by atoms with van der Waals surface area (Å²) in [7, 11) is 0. The predicted octanol–water partition coefficient (Wildman–Crippen LogP) is 3.68. The highest BCUT2D eigenvalue weighted by Gasteiger charge is 2.35. The Bertz CT molecular complexity index is 672. The molecule has 2 rings (SSSR count). The third-order valence-electron chi connectivity index (χ3n) is 4.29. The average Bonchev–Trinajstić information content (AvgIpc) is 2.84. The molecule has 0 saturated carbocycles. The van der Waals surface area contributed by atoms with Gasteiger partial charge in [0.05, 0.1) is 0 Å². The van der Waals surface area contributed by atoms with E-state index in [9.17, 15) is 14.7 Å². The molecule has 0 aliphatic carbocycles. The highest BCUT2D eigenvalue weighted by atomic mass is 16.5. The zero-order chi connectivity index (χ0) is 17.1. The Labute approximate surface area is 135 Å². The first-order chi connectivity index (χ1) is 10.8. The number of fused-ring (bicyclic) bond motifs is 1. The van der Waals surface area contributed by atoms with E-state index in [2.05, 4.69) is 0 Å². The van der Waals surface area contributed by atoms with E-state index in [4.69, 9.17) is 9.84 Å². The number of phenols is 1. The van der Waals surface area contributed by atoms with Crippen LogP contribution in [-0.4, -0.2) is 22.2 Å². The second-order valence-corrected chi connectivity index (χ2v) is 5.90. The number of carboxylic acids is 1. The number of hydrogen-bond acceptors (Lipinski definition) is 4. The molecule has 124 valence electrons. The number of aliphatic carboxylic acids is 1. The van der Waals surface area contributed by atoms with Crippen molar-refractivity contribution in [1.29, 1.82) is 0 Å². The minimum atomic E-state index is -0.830. The second-order valence-electron chi connectivity index (χ2n) is 5.90. The number of benzene rings is 1. The number of carbonyl (C=O) groups is 2. The van der Waals surface area contributed by atoms with Gasteiger partial charge >= 0.3 is 11.9 Å². The molecule has 1 aliphatic heterocycles. The van der Waals surface area contributed by atoms with Crippen molar-refractivity contribution in [3.05, 3.63) is 40.0 Å². The predicted molar refractivity (Wildman–Crippen MR) is 85.6 cm³/mol. The number of cyclic esters (lactones) is 1. The molecule has 0 spiro atoms. The minimum absolute atomic E-state index is 0.0264. The quantitative estimate of drug-likeness (QED) is 0.617. The summed E-state index contributed by atoms with van der Waals surface area (Å²) in [6.07, 6.45) is 3.30. The van der Waals surface area contributed by atoms with E-state index in [-0.39, 0.29) is 17.7 Å². The molecule has 2 N–H and O–H groups in total. The Morgan fingerprint density at radius 1 is 1.39 bits per heavy atom. The summed E-state index contributed by atoms with van der Waals surface area (Å²) < 4.78 is 5.41. The van der Waals surface area contributed by atoms with Crippen LogP contribution in [0.5, 0.6) is 5.75 Å². The van der Waals surface area contributed by atoms with Crippen molar-refractivity contribution in [2.45, 2.75) is 52.6 Å². The molecule has 0 saturated heterocycles. The van der Waals surface area contributed by atoms with Crippen LogP contribution in [0.2, 0.25) is 0 Å². The Morgan fingerprint density at radius 3 is 2.70 bits per heavy atom. The van der Waals surface area contributed by atoms with Gasteiger partial charge in [0.15, 0.2) is 0 Å². The fourth-order valence-corrected chi connectivity index (χ4v) is 2.96. The van der Waals surface area contributed by atoms with Gasteiger partial charge in [-0.05, 0) is 43.9 Å². The number of carbonyl (C=O) groups excluding carboxylic acids is 1. The molecular formula is C18H22O5. The lowest BCUT2D eigenvalue weighted by Gasteiger charge is -2.14. The highest BCUT2D eigenvalue weighted by molar-refractivity contribution is 5.97. The van der Waals surface area contributed by atoms with Crippen molar-refractivity contribution in [2.75, 3.05) is 0 Å². The lowest BCUT2D eigenvalue weighted by atomic mass is 9.91. The average molecular weight is 318 g/mol. The first-order valence-electron chi connectivity index (χ1n) is 7.78. The smallest absolute Gasteiger partial charge is 0.342 e. The van der Waals surface area contributed by atoms with Crippen LogP contribution in [0, 0.1) is 6.92 Å². The van der Waals surface area contributed by atoms with Gasteiger partial charge in [0.1, 0.15) is 17.4 Å². The van der Waals surface area contributed by atoms with E-state index in [0.29, 0.717) is 12.8 Å². The molecule has 1 unspecified atom stereocenters. The van der Waals surface area contributed by atoms with Crippen LogP contribution < -0.4 is 0 Å². The highest BCUT2D eigenvalue weighted by Crippen LogP contribution is 2.41. The van der Waals surface area contributed by atoms with Crippen LogP contribution >= 0.6 is 0 Å². The maximum absolute atomic E-state index is 12.0. The van der Waals surface area contributed by atoms with Gasteiger partial charge in [0, 0.05) is 18.4 Å². The molecule has 0 bridgehead atoms. The van der Waals surface area contributed by atoms with Crippen molar-refractivity contribution in [3.8, 4) is 5.75 Å². The van der Waals surface area contributed by atoms with Crippen LogP contribution in [0.3, 0.4) is 0 Å². The maximum Gasteiger partial charge on any atom is 0.342 e. The van der Waals surface area contributed by atoms with E-state index in [1.54, 1.807) is 6.07 Å². The number of aromatic hydroxyl groups is 1. The summed E-state index contributed by atoms with van der Waals surface area (Å²) in [6, 6.07) is 1.63. The number of aryl methyl sites for hydroxylation is 1. The fourth-order valence-electron chi connectivity index (χ4n) is 2.96. The topological polar surface area (TPSA) is 83.8 Å². The third kappa shape index (κ3) is 3.55. The van der Waals surface area contributed by atoms with Crippen molar-refractivity contribution < 1.29 is 24.5 Å². The Hall–Kier alpha value is -2.30. The molecule has 1 atom stereocenters. The monoisotopic (exact) mass is 318 g/mol. The van der Waals surface area contributed by atoms with Crippen molar-refractivity contribution in [3.63, 3.8) is 0 Å². The summed E-state index contributed by atoms with van der Waals surface area (Å²) in [6.45, 7) is 5.80. The molecule has 1 aliphatic rings. The summed E-state index contributed by atoms with van der Waals surface area (Å²) in [5.74, 6) is -1.35. The van der Waals surface area contributed by atoms with Crippen LogP contribution in [0.15, 0.2) is 17.7 Å². The van der Waals surface area contributed by atoms with Gasteiger partial charge in [-0.1, -0.05) is 18.6 Å².